The van der Waals surface area contributed by atoms with Crippen LogP contribution in [-0.2, 0) is 0 Å². The molecule has 2 rings (SSSR count). The van der Waals surface area contributed by atoms with Gasteiger partial charge in [-0.2, -0.15) is 0 Å². The first kappa shape index (κ1) is 13.0. The van der Waals surface area contributed by atoms with Gasteiger partial charge in [-0.25, -0.2) is 0 Å². The fourth-order valence-electron chi connectivity index (χ4n) is 2.45. The number of hydrogen-bond donors (Lipinski definition) is 1. The van der Waals surface area contributed by atoms with E-state index in [1.807, 2.05) is 12.1 Å². The molecule has 1 saturated heterocycles. The molecule has 0 aromatic heterocycles. The van der Waals surface area contributed by atoms with Crippen LogP contribution in [-0.4, -0.2) is 27.9 Å². The maximum atomic E-state index is 5.37. The van der Waals surface area contributed by atoms with E-state index in [2.05, 4.69) is 19.2 Å². The van der Waals surface area contributed by atoms with Gasteiger partial charge in [0, 0.05) is 12.6 Å². The normalized spacial score (nSPS) is 21.1. The second kappa shape index (κ2) is 4.69. The Labute approximate surface area is 108 Å². The molecule has 0 aliphatic carbocycles. The topological polar surface area (TPSA) is 39.7 Å². The molecule has 0 amide bonds. The molecular weight excluding hydrogens is 230 g/mol. The van der Waals surface area contributed by atoms with Gasteiger partial charge in [0.2, 0.25) is 5.75 Å². The molecule has 1 aromatic rings. The number of nitrogens with one attached hydrogen (secondary N) is 1. The number of methoxy groups -OCH3 is 3. The minimum absolute atomic E-state index is 0.255. The molecule has 1 aromatic carbocycles. The largest absolute Gasteiger partial charge is 0.493 e. The van der Waals surface area contributed by atoms with Crippen molar-refractivity contribution in [3.8, 4) is 17.2 Å². The van der Waals surface area contributed by atoms with Gasteiger partial charge >= 0.3 is 0 Å². The van der Waals surface area contributed by atoms with Crippen LogP contribution in [0.25, 0.3) is 0 Å². The molecule has 4 heteroatoms. The average molecular weight is 251 g/mol. The molecule has 1 unspecified atom stereocenters. The maximum Gasteiger partial charge on any atom is 0.203 e. The predicted molar refractivity (Wildman–Crippen MR) is 70.6 cm³/mol. The first-order valence-electron chi connectivity index (χ1n) is 6.06. The molecule has 0 saturated carbocycles. The highest BCUT2D eigenvalue weighted by Crippen LogP contribution is 2.46. The van der Waals surface area contributed by atoms with Crippen molar-refractivity contribution in [3.63, 3.8) is 0 Å². The van der Waals surface area contributed by atoms with Crippen LogP contribution in [0.15, 0.2) is 12.1 Å². The second-order valence-electron chi connectivity index (χ2n) is 5.26. The molecule has 0 bridgehead atoms. The van der Waals surface area contributed by atoms with Crippen molar-refractivity contribution < 1.29 is 14.2 Å². The van der Waals surface area contributed by atoms with Crippen LogP contribution in [0.5, 0.6) is 17.2 Å². The number of rotatable bonds is 4. The Morgan fingerprint density at radius 2 is 1.61 bits per heavy atom. The third-order valence-electron chi connectivity index (χ3n) is 3.56. The Bertz CT molecular complexity index is 418. The molecule has 0 spiro atoms. The van der Waals surface area contributed by atoms with Gasteiger partial charge in [0.05, 0.1) is 21.3 Å². The van der Waals surface area contributed by atoms with Gasteiger partial charge in [0.25, 0.3) is 0 Å². The highest BCUT2D eigenvalue weighted by atomic mass is 16.5. The van der Waals surface area contributed by atoms with E-state index in [1.54, 1.807) is 21.3 Å². The van der Waals surface area contributed by atoms with E-state index in [0.29, 0.717) is 23.3 Å². The maximum absolute atomic E-state index is 5.37. The van der Waals surface area contributed by atoms with Crippen LogP contribution < -0.4 is 19.5 Å². The van der Waals surface area contributed by atoms with Crippen molar-refractivity contribution in [2.75, 3.05) is 27.9 Å². The van der Waals surface area contributed by atoms with Crippen molar-refractivity contribution in [1.82, 2.24) is 5.32 Å². The fourth-order valence-corrected chi connectivity index (χ4v) is 2.45. The Balaban J connectivity index is 2.44. The van der Waals surface area contributed by atoms with Gasteiger partial charge in [-0.3, -0.25) is 0 Å². The van der Waals surface area contributed by atoms with Gasteiger partial charge in [0.15, 0.2) is 11.5 Å². The summed E-state index contributed by atoms with van der Waals surface area (Å²) in [5.74, 6) is 2.05. The van der Waals surface area contributed by atoms with E-state index in [1.165, 1.54) is 5.56 Å². The molecule has 1 fully saturated rings. The highest BCUT2D eigenvalue weighted by molar-refractivity contribution is 5.54. The van der Waals surface area contributed by atoms with Gasteiger partial charge < -0.3 is 19.5 Å². The number of hydrogen-bond acceptors (Lipinski definition) is 4. The van der Waals surface area contributed by atoms with Crippen LogP contribution in [0.4, 0.5) is 0 Å². The molecule has 4 nitrogen and oxygen atoms in total. The summed E-state index contributed by atoms with van der Waals surface area (Å²) in [6.07, 6.45) is 0. The molecule has 1 atom stereocenters. The number of benzene rings is 1. The van der Waals surface area contributed by atoms with E-state index in [0.717, 1.165) is 6.54 Å². The average Bonchev–Trinajstić information content (AvgIpc) is 2.36. The third kappa shape index (κ3) is 2.01. The summed E-state index contributed by atoms with van der Waals surface area (Å²) in [4.78, 5) is 0. The minimum Gasteiger partial charge on any atom is -0.493 e. The zero-order valence-corrected chi connectivity index (χ0v) is 11.7. The molecule has 1 aliphatic heterocycles. The molecule has 18 heavy (non-hydrogen) atoms. The summed E-state index contributed by atoms with van der Waals surface area (Å²) < 4.78 is 16.1. The van der Waals surface area contributed by atoms with Crippen molar-refractivity contribution in [1.29, 1.82) is 0 Å². The summed E-state index contributed by atoms with van der Waals surface area (Å²) in [6, 6.07) is 4.35. The van der Waals surface area contributed by atoms with Gasteiger partial charge in [-0.15, -0.1) is 0 Å². The fraction of sp³-hybridized carbons (Fsp3) is 0.571. The lowest BCUT2D eigenvalue weighted by Crippen LogP contribution is -2.52. The zero-order valence-electron chi connectivity index (χ0n) is 11.7. The summed E-state index contributed by atoms with van der Waals surface area (Å²) >= 11 is 0. The van der Waals surface area contributed by atoms with Gasteiger partial charge in [0.1, 0.15) is 0 Å². The number of ether oxygens (including phenoxy) is 3. The summed E-state index contributed by atoms with van der Waals surface area (Å²) in [5.41, 5.74) is 1.42. The van der Waals surface area contributed by atoms with Crippen LogP contribution in [0, 0.1) is 5.41 Å². The molecule has 1 heterocycles. The standard InChI is InChI=1S/C14H21NO3/c1-14(2)8-15-13(14)9-6-10(16-3)12(18-5)11(7-9)17-4/h6-7,13,15H,8H2,1-5H3. The van der Waals surface area contributed by atoms with Gasteiger partial charge in [-0.05, 0) is 23.1 Å². The Morgan fingerprint density at radius 3 is 1.89 bits per heavy atom. The predicted octanol–water partition coefficient (Wildman–Crippen LogP) is 2.38. The lowest BCUT2D eigenvalue weighted by Gasteiger charge is -2.46. The zero-order chi connectivity index (χ0) is 13.3. The van der Waals surface area contributed by atoms with Crippen molar-refractivity contribution in [3.05, 3.63) is 17.7 Å². The first-order chi connectivity index (χ1) is 8.53. The first-order valence-corrected chi connectivity index (χ1v) is 6.06. The second-order valence-corrected chi connectivity index (χ2v) is 5.26. The third-order valence-corrected chi connectivity index (χ3v) is 3.56. The monoisotopic (exact) mass is 251 g/mol. The lowest BCUT2D eigenvalue weighted by atomic mass is 9.74. The van der Waals surface area contributed by atoms with Crippen molar-refractivity contribution in [2.24, 2.45) is 5.41 Å². The summed E-state index contributed by atoms with van der Waals surface area (Å²) in [7, 11) is 4.90. The molecule has 100 valence electrons. The van der Waals surface area contributed by atoms with Crippen molar-refractivity contribution >= 4 is 0 Å². The van der Waals surface area contributed by atoms with E-state index >= 15 is 0 Å². The Kier molecular flexibility index (Phi) is 3.39. The van der Waals surface area contributed by atoms with Gasteiger partial charge in [-0.1, -0.05) is 13.8 Å². The highest BCUT2D eigenvalue weighted by Gasteiger charge is 2.39. The Hall–Kier alpha value is -1.42. The lowest BCUT2D eigenvalue weighted by molar-refractivity contribution is 0.127. The van der Waals surface area contributed by atoms with Crippen LogP contribution in [0.3, 0.4) is 0 Å². The molecular formula is C14H21NO3. The molecule has 1 aliphatic rings. The Morgan fingerprint density at radius 1 is 1.06 bits per heavy atom. The van der Waals surface area contributed by atoms with Crippen LogP contribution >= 0.6 is 0 Å². The quantitative estimate of drug-likeness (QED) is 0.892. The smallest absolute Gasteiger partial charge is 0.203 e. The minimum atomic E-state index is 0.255. The van der Waals surface area contributed by atoms with Crippen LogP contribution in [0.2, 0.25) is 0 Å². The van der Waals surface area contributed by atoms with E-state index in [-0.39, 0.29) is 5.41 Å². The van der Waals surface area contributed by atoms with Crippen LogP contribution in [0.1, 0.15) is 25.5 Å². The SMILES string of the molecule is COc1cc(C2NCC2(C)C)cc(OC)c1OC. The van der Waals surface area contributed by atoms with E-state index in [4.69, 9.17) is 14.2 Å². The summed E-state index contributed by atoms with van der Waals surface area (Å²) in [5, 5.41) is 3.44. The van der Waals surface area contributed by atoms with E-state index in [9.17, 15) is 0 Å². The molecule has 0 radical (unpaired) electrons. The van der Waals surface area contributed by atoms with Crippen molar-refractivity contribution in [2.45, 2.75) is 19.9 Å². The van der Waals surface area contributed by atoms with E-state index < -0.39 is 0 Å². The summed E-state index contributed by atoms with van der Waals surface area (Å²) in [6.45, 7) is 5.52. The molecule has 1 N–H and O–H groups in total.